The van der Waals surface area contributed by atoms with Crippen molar-refractivity contribution in [2.75, 3.05) is 7.11 Å². The molecule has 26 heavy (non-hydrogen) atoms. The molecule has 0 fully saturated rings. The van der Waals surface area contributed by atoms with Gasteiger partial charge in [0, 0.05) is 18.0 Å². The number of pyridine rings is 2. The van der Waals surface area contributed by atoms with Crippen molar-refractivity contribution < 1.29 is 19.1 Å². The number of nitrogens with zero attached hydrogens (tertiary/aromatic N) is 2. The number of carbonyl (C=O) groups is 2. The number of benzene rings is 1. The van der Waals surface area contributed by atoms with Crippen molar-refractivity contribution in [1.29, 1.82) is 0 Å². The number of aromatic nitrogens is 2. The van der Waals surface area contributed by atoms with E-state index >= 15 is 0 Å². The van der Waals surface area contributed by atoms with Crippen molar-refractivity contribution in [1.82, 2.24) is 9.97 Å². The number of hydrogen-bond acceptors (Lipinski definition) is 6. The van der Waals surface area contributed by atoms with Gasteiger partial charge in [0.15, 0.2) is 6.29 Å². The Bertz CT molecular complexity index is 926. The van der Waals surface area contributed by atoms with Crippen LogP contribution in [0.3, 0.4) is 0 Å². The van der Waals surface area contributed by atoms with Crippen LogP contribution in [0.5, 0.6) is 5.75 Å². The Morgan fingerprint density at radius 1 is 1.08 bits per heavy atom. The topological polar surface area (TPSA) is 78.4 Å². The molecule has 0 saturated carbocycles. The van der Waals surface area contributed by atoms with E-state index in [1.54, 1.807) is 48.8 Å². The molecule has 3 aromatic rings. The minimum Gasteiger partial charge on any atom is -0.487 e. The van der Waals surface area contributed by atoms with Crippen molar-refractivity contribution in [3.05, 3.63) is 77.9 Å². The quantitative estimate of drug-likeness (QED) is 0.502. The van der Waals surface area contributed by atoms with Crippen LogP contribution in [-0.2, 0) is 11.3 Å². The van der Waals surface area contributed by atoms with E-state index in [4.69, 9.17) is 9.47 Å². The van der Waals surface area contributed by atoms with Gasteiger partial charge in [-0.15, -0.1) is 0 Å². The SMILES string of the molecule is COC(=O)c1ccc(-c2ccncc2)c(COc2ccccc2C=O)n1. The first-order valence-electron chi connectivity index (χ1n) is 7.88. The molecule has 0 aliphatic rings. The van der Waals surface area contributed by atoms with E-state index in [0.717, 1.165) is 17.4 Å². The van der Waals surface area contributed by atoms with E-state index < -0.39 is 5.97 Å². The smallest absolute Gasteiger partial charge is 0.356 e. The highest BCUT2D eigenvalue weighted by molar-refractivity contribution is 5.88. The van der Waals surface area contributed by atoms with Crippen LogP contribution >= 0.6 is 0 Å². The third-order valence-corrected chi connectivity index (χ3v) is 3.77. The number of hydrogen-bond donors (Lipinski definition) is 0. The maximum Gasteiger partial charge on any atom is 0.356 e. The van der Waals surface area contributed by atoms with Gasteiger partial charge in [-0.05, 0) is 42.0 Å². The van der Waals surface area contributed by atoms with Gasteiger partial charge in [0.2, 0.25) is 0 Å². The minimum absolute atomic E-state index is 0.0906. The molecule has 0 saturated heterocycles. The summed E-state index contributed by atoms with van der Waals surface area (Å²) in [6.07, 6.45) is 4.09. The van der Waals surface area contributed by atoms with Crippen LogP contribution in [0.2, 0.25) is 0 Å². The average Bonchev–Trinajstić information content (AvgIpc) is 2.72. The number of para-hydroxylation sites is 1. The van der Waals surface area contributed by atoms with E-state index in [2.05, 4.69) is 9.97 Å². The van der Waals surface area contributed by atoms with Gasteiger partial charge in [-0.25, -0.2) is 9.78 Å². The summed E-state index contributed by atoms with van der Waals surface area (Å²) in [5.41, 5.74) is 2.89. The summed E-state index contributed by atoms with van der Waals surface area (Å²) in [5, 5.41) is 0. The molecule has 6 heteroatoms. The predicted octanol–water partition coefficient (Wildman–Crippen LogP) is 3.32. The average molecular weight is 348 g/mol. The van der Waals surface area contributed by atoms with Gasteiger partial charge in [-0.3, -0.25) is 9.78 Å². The Labute approximate surface area is 150 Å². The number of ether oxygens (including phenoxy) is 2. The zero-order valence-corrected chi connectivity index (χ0v) is 14.1. The monoisotopic (exact) mass is 348 g/mol. The van der Waals surface area contributed by atoms with Gasteiger partial charge in [-0.2, -0.15) is 0 Å². The molecule has 0 aliphatic carbocycles. The van der Waals surface area contributed by atoms with Crippen molar-refractivity contribution in [3.8, 4) is 16.9 Å². The first kappa shape index (κ1) is 17.3. The standard InChI is InChI=1S/C20H16N2O4/c1-25-20(24)17-7-6-16(14-8-10-21-11-9-14)18(22-17)13-26-19-5-3-2-4-15(19)12-23/h2-12H,13H2,1H3. The Morgan fingerprint density at radius 2 is 1.85 bits per heavy atom. The second-order valence-electron chi connectivity index (χ2n) is 5.36. The highest BCUT2D eigenvalue weighted by Gasteiger charge is 2.14. The highest BCUT2D eigenvalue weighted by atomic mass is 16.5. The summed E-state index contributed by atoms with van der Waals surface area (Å²) in [4.78, 5) is 31.3. The maximum atomic E-state index is 11.8. The molecule has 0 bridgehead atoms. The highest BCUT2D eigenvalue weighted by Crippen LogP contribution is 2.25. The van der Waals surface area contributed by atoms with Crippen LogP contribution in [0.1, 0.15) is 26.5 Å². The molecular weight excluding hydrogens is 332 g/mol. The molecule has 0 radical (unpaired) electrons. The summed E-state index contributed by atoms with van der Waals surface area (Å²) in [5.74, 6) is -0.0748. The molecule has 0 spiro atoms. The van der Waals surface area contributed by atoms with Crippen LogP contribution in [0.15, 0.2) is 60.9 Å². The minimum atomic E-state index is -0.527. The van der Waals surface area contributed by atoms with Gasteiger partial charge in [0.1, 0.15) is 18.1 Å². The Kier molecular flexibility index (Phi) is 5.34. The Balaban J connectivity index is 1.97. The van der Waals surface area contributed by atoms with Gasteiger partial charge in [0.25, 0.3) is 0 Å². The molecule has 6 nitrogen and oxygen atoms in total. The number of aldehydes is 1. The lowest BCUT2D eigenvalue weighted by atomic mass is 10.0. The van der Waals surface area contributed by atoms with Crippen LogP contribution < -0.4 is 4.74 Å². The van der Waals surface area contributed by atoms with Crippen molar-refractivity contribution in [2.24, 2.45) is 0 Å². The summed E-state index contributed by atoms with van der Waals surface area (Å²) in [7, 11) is 1.30. The number of carbonyl (C=O) groups excluding carboxylic acids is 2. The van der Waals surface area contributed by atoms with E-state index in [1.165, 1.54) is 7.11 Å². The molecule has 2 heterocycles. The fourth-order valence-electron chi connectivity index (χ4n) is 2.48. The van der Waals surface area contributed by atoms with Crippen LogP contribution in [0, 0.1) is 0 Å². The molecule has 0 atom stereocenters. The normalized spacial score (nSPS) is 10.2. The zero-order chi connectivity index (χ0) is 18.4. The summed E-state index contributed by atoms with van der Waals surface area (Å²) in [6, 6.07) is 14.0. The second-order valence-corrected chi connectivity index (χ2v) is 5.36. The summed E-state index contributed by atoms with van der Waals surface area (Å²) >= 11 is 0. The molecule has 1 aromatic carbocycles. The molecule has 130 valence electrons. The third kappa shape index (κ3) is 3.75. The van der Waals surface area contributed by atoms with Gasteiger partial charge < -0.3 is 9.47 Å². The van der Waals surface area contributed by atoms with Crippen molar-refractivity contribution in [3.63, 3.8) is 0 Å². The Hall–Kier alpha value is -3.54. The first-order chi connectivity index (χ1) is 12.7. The van der Waals surface area contributed by atoms with Gasteiger partial charge in [-0.1, -0.05) is 12.1 Å². The number of esters is 1. The molecule has 0 amide bonds. The van der Waals surface area contributed by atoms with E-state index in [-0.39, 0.29) is 12.3 Å². The van der Waals surface area contributed by atoms with E-state index in [9.17, 15) is 9.59 Å². The zero-order valence-electron chi connectivity index (χ0n) is 14.1. The van der Waals surface area contributed by atoms with E-state index in [0.29, 0.717) is 17.0 Å². The van der Waals surface area contributed by atoms with Crippen LogP contribution in [0.25, 0.3) is 11.1 Å². The fraction of sp³-hybridized carbons (Fsp3) is 0.100. The summed E-state index contributed by atoms with van der Waals surface area (Å²) in [6.45, 7) is 0.0906. The first-order valence-corrected chi connectivity index (χ1v) is 7.88. The van der Waals surface area contributed by atoms with Crippen molar-refractivity contribution >= 4 is 12.3 Å². The Morgan fingerprint density at radius 3 is 2.58 bits per heavy atom. The molecule has 0 N–H and O–H groups in total. The van der Waals surface area contributed by atoms with Crippen molar-refractivity contribution in [2.45, 2.75) is 6.61 Å². The molecule has 3 rings (SSSR count). The summed E-state index contributed by atoms with van der Waals surface area (Å²) < 4.78 is 10.5. The van der Waals surface area contributed by atoms with Gasteiger partial charge in [0.05, 0.1) is 18.4 Å². The molecule has 0 aliphatic heterocycles. The van der Waals surface area contributed by atoms with E-state index in [1.807, 2.05) is 12.1 Å². The van der Waals surface area contributed by atoms with Gasteiger partial charge >= 0.3 is 5.97 Å². The van der Waals surface area contributed by atoms with Crippen LogP contribution in [-0.4, -0.2) is 29.3 Å². The largest absolute Gasteiger partial charge is 0.487 e. The second kappa shape index (κ2) is 8.02. The number of rotatable bonds is 6. The lowest BCUT2D eigenvalue weighted by molar-refractivity contribution is 0.0593. The maximum absolute atomic E-state index is 11.8. The predicted molar refractivity (Wildman–Crippen MR) is 95.0 cm³/mol. The lowest BCUT2D eigenvalue weighted by Gasteiger charge is -2.13. The molecular formula is C20H16N2O4. The van der Waals surface area contributed by atoms with Crippen LogP contribution in [0.4, 0.5) is 0 Å². The molecule has 2 aromatic heterocycles. The number of methoxy groups -OCH3 is 1. The molecule has 0 unspecified atom stereocenters. The lowest BCUT2D eigenvalue weighted by Crippen LogP contribution is -2.09. The fourth-order valence-corrected chi connectivity index (χ4v) is 2.48. The third-order valence-electron chi connectivity index (χ3n) is 3.77.